The smallest absolute Gasteiger partial charge is 0.337 e. The summed E-state index contributed by atoms with van der Waals surface area (Å²) in [6.07, 6.45) is -1.67. The molecule has 100 heavy (non-hydrogen) atoms. The number of nitrogens with zero attached hydrogens (tertiary/aromatic N) is 4. The average Bonchev–Trinajstić information content (AvgIpc) is 0.769. The van der Waals surface area contributed by atoms with Gasteiger partial charge in [-0.15, -0.1) is 0 Å². The minimum Gasteiger partial charge on any atom is -0.507 e. The van der Waals surface area contributed by atoms with Gasteiger partial charge in [0.05, 0.1) is 137 Å². The molecule has 1 aliphatic carbocycles. The first-order chi connectivity index (χ1) is 48.0. The van der Waals surface area contributed by atoms with E-state index in [1.165, 1.54) is 64.8 Å². The van der Waals surface area contributed by atoms with Crippen molar-refractivity contribution in [3.8, 4) is 45.8 Å². The number of aromatic nitrogens is 4. The highest BCUT2D eigenvalue weighted by molar-refractivity contribution is 5.94. The highest BCUT2D eigenvalue weighted by Gasteiger charge is 2.27. The van der Waals surface area contributed by atoms with Crippen molar-refractivity contribution in [2.75, 3.05) is 54.9 Å². The van der Waals surface area contributed by atoms with Gasteiger partial charge in [-0.25, -0.2) is 29.1 Å². The standard InChI is InChI=1S/C76H76N4O20/c1-11-95-65(81)25-43-17-47-29-51-21-45(27-67(83)97-13-3)23-53(71(51)99-39-59-33-57(75(89)93-9)37-63(79-59)61-35-55(73(87)91-7)15-41(5)77-61)31-49-19-44(26-66(82)96-12-2)20-50(70(49)86)32-54-24-46(28-68(84)98-14-4)22-52(30-48(18-43)69(47)85)72(54)100-40-60-34-58(76(90)94-10)38-64(80-60)62-36-56(74(88)92-8)16-42(6)78-62/h15-24,33-38,85-86H,11-14,25-32,39-40H2,1-10H3. The van der Waals surface area contributed by atoms with Crippen molar-refractivity contribution < 1.29 is 95.9 Å². The second-order valence-electron chi connectivity index (χ2n) is 23.4. The Bertz CT molecular complexity index is 4120. The summed E-state index contributed by atoms with van der Waals surface area (Å²) in [4.78, 5) is 126. The number of phenolic OH excluding ortho intramolecular Hbond substituents is 2. The SMILES string of the molecule is CCOC(=O)Cc1cc2c(O)c(c1)Cc1cc(CC(=O)OCC)cc(c1OCc1cc(C(=O)OC)cc(-c3cc(C(=O)OC)cc(C)n3)n1)Cc1cc(CC(=O)OCC)cc(c1O)Cc1cc(CC(=O)OCC)cc(c1OCc1cc(C(=O)OC)cc(-c3cc(C(=O)OC)cc(C)n3)n1)C2. The quantitative estimate of drug-likeness (QED) is 0.0419. The summed E-state index contributed by atoms with van der Waals surface area (Å²) >= 11 is 0. The van der Waals surface area contributed by atoms with Crippen molar-refractivity contribution in [3.63, 3.8) is 0 Å². The number of esters is 8. The molecule has 2 N–H and O–H groups in total. The number of ether oxygens (including phenoxy) is 10. The van der Waals surface area contributed by atoms with Gasteiger partial charge in [0.15, 0.2) is 0 Å². The molecule has 8 bridgehead atoms. The topological polar surface area (TPSA) is 321 Å². The maximum absolute atomic E-state index is 13.6. The second-order valence-corrected chi connectivity index (χ2v) is 23.4. The molecule has 9 rings (SSSR count). The Hall–Kier alpha value is -11.6. The highest BCUT2D eigenvalue weighted by Crippen LogP contribution is 2.42. The number of pyridine rings is 4. The molecule has 0 aliphatic heterocycles. The molecule has 4 aromatic heterocycles. The van der Waals surface area contributed by atoms with Crippen LogP contribution in [0, 0.1) is 13.8 Å². The molecule has 0 spiro atoms. The molecule has 4 heterocycles. The van der Waals surface area contributed by atoms with Crippen LogP contribution in [-0.4, -0.2) is 133 Å². The van der Waals surface area contributed by atoms with Crippen molar-refractivity contribution in [1.29, 1.82) is 0 Å². The predicted octanol–water partition coefficient (Wildman–Crippen LogP) is 10.0. The van der Waals surface area contributed by atoms with E-state index in [4.69, 9.17) is 57.3 Å². The lowest BCUT2D eigenvalue weighted by Crippen LogP contribution is -2.13. The largest absolute Gasteiger partial charge is 0.507 e. The van der Waals surface area contributed by atoms with Crippen LogP contribution >= 0.6 is 0 Å². The highest BCUT2D eigenvalue weighted by atomic mass is 16.6. The van der Waals surface area contributed by atoms with Crippen LogP contribution in [0.1, 0.15) is 159 Å². The number of phenols is 2. The molecule has 1 aliphatic rings. The Morgan fingerprint density at radius 2 is 0.580 bits per heavy atom. The van der Waals surface area contributed by atoms with Crippen LogP contribution < -0.4 is 9.47 Å². The number of carbonyl (C=O) groups excluding carboxylic acids is 8. The fourth-order valence-electron chi connectivity index (χ4n) is 11.9. The zero-order chi connectivity index (χ0) is 71.9. The zero-order valence-electron chi connectivity index (χ0n) is 57.2. The summed E-state index contributed by atoms with van der Waals surface area (Å²) in [5.74, 6) is -5.11. The van der Waals surface area contributed by atoms with Crippen molar-refractivity contribution in [3.05, 3.63) is 209 Å². The fourth-order valence-corrected chi connectivity index (χ4v) is 11.9. The first-order valence-electron chi connectivity index (χ1n) is 32.2. The minimum atomic E-state index is -0.725. The van der Waals surface area contributed by atoms with E-state index < -0.39 is 47.8 Å². The third-order valence-electron chi connectivity index (χ3n) is 16.0. The number of methoxy groups -OCH3 is 4. The zero-order valence-corrected chi connectivity index (χ0v) is 57.2. The Morgan fingerprint density at radius 3 is 0.830 bits per heavy atom. The predicted molar refractivity (Wildman–Crippen MR) is 360 cm³/mol. The third-order valence-corrected chi connectivity index (χ3v) is 16.0. The molecule has 0 amide bonds. The van der Waals surface area contributed by atoms with Gasteiger partial charge in [0.1, 0.15) is 36.2 Å². The van der Waals surface area contributed by atoms with E-state index in [1.807, 2.05) is 0 Å². The summed E-state index contributed by atoms with van der Waals surface area (Å²) in [7, 11) is 4.93. The van der Waals surface area contributed by atoms with Crippen molar-refractivity contribution in [1.82, 2.24) is 19.9 Å². The maximum Gasteiger partial charge on any atom is 0.337 e. The van der Waals surface area contributed by atoms with Gasteiger partial charge in [0.2, 0.25) is 0 Å². The lowest BCUT2D eigenvalue weighted by Gasteiger charge is -2.23. The van der Waals surface area contributed by atoms with E-state index in [-0.39, 0.29) is 193 Å². The molecule has 24 nitrogen and oxygen atoms in total. The van der Waals surface area contributed by atoms with Gasteiger partial charge in [-0.1, -0.05) is 48.5 Å². The molecule has 8 aromatic rings. The number of rotatable bonds is 24. The molecule has 0 fully saturated rings. The Kier molecular flexibility index (Phi) is 24.1. The monoisotopic (exact) mass is 1360 g/mol. The lowest BCUT2D eigenvalue weighted by molar-refractivity contribution is -0.143. The second kappa shape index (κ2) is 33.1. The number of benzene rings is 4. The number of aryl methyl sites for hydroxylation is 2. The number of carbonyl (C=O) groups is 8. The number of hydrogen-bond donors (Lipinski definition) is 2. The van der Waals surface area contributed by atoms with Gasteiger partial charge in [-0.3, -0.25) is 29.1 Å². The Morgan fingerprint density at radius 1 is 0.340 bits per heavy atom. The van der Waals surface area contributed by atoms with Gasteiger partial charge in [0, 0.05) is 37.1 Å². The van der Waals surface area contributed by atoms with Crippen molar-refractivity contribution in [2.24, 2.45) is 0 Å². The van der Waals surface area contributed by atoms with Crippen LogP contribution in [0.25, 0.3) is 22.8 Å². The van der Waals surface area contributed by atoms with Gasteiger partial charge in [-0.2, -0.15) is 0 Å². The summed E-state index contributed by atoms with van der Waals surface area (Å²) in [6, 6.07) is 25.3. The molecule has 0 saturated carbocycles. The van der Waals surface area contributed by atoms with Crippen LogP contribution in [0.3, 0.4) is 0 Å². The molecule has 520 valence electrons. The van der Waals surface area contributed by atoms with E-state index >= 15 is 0 Å². The van der Waals surface area contributed by atoms with Gasteiger partial charge in [0.25, 0.3) is 0 Å². The maximum atomic E-state index is 13.6. The molecule has 4 aromatic carbocycles. The molecule has 0 saturated heterocycles. The summed E-state index contributed by atoms with van der Waals surface area (Å²) in [6.45, 7) is 9.61. The lowest BCUT2D eigenvalue weighted by atomic mass is 9.87. The summed E-state index contributed by atoms with van der Waals surface area (Å²) in [5.41, 5.74) is 6.77. The normalized spacial score (nSPS) is 11.5. The minimum absolute atomic E-state index is 0.0600. The van der Waals surface area contributed by atoms with Crippen molar-refractivity contribution >= 4 is 47.8 Å². The number of aromatic hydroxyl groups is 2. The van der Waals surface area contributed by atoms with E-state index in [1.54, 1.807) is 102 Å². The van der Waals surface area contributed by atoms with Crippen LogP contribution in [-0.2, 0) is 122 Å². The van der Waals surface area contributed by atoms with Gasteiger partial charge in [-0.05, 0) is 157 Å². The first kappa shape index (κ1) is 72.7. The molecular weight excluding hydrogens is 1290 g/mol. The van der Waals surface area contributed by atoms with E-state index in [0.717, 1.165) is 0 Å². The first-order valence-corrected chi connectivity index (χ1v) is 32.2. The Balaban J connectivity index is 1.30. The van der Waals surface area contributed by atoms with E-state index in [9.17, 15) is 48.6 Å². The molecule has 0 radical (unpaired) electrons. The molecule has 0 unspecified atom stereocenters. The van der Waals surface area contributed by atoms with Gasteiger partial charge < -0.3 is 57.6 Å². The third kappa shape index (κ3) is 18.2. The molecule has 24 heteroatoms. The van der Waals surface area contributed by atoms with Crippen LogP contribution in [0.2, 0.25) is 0 Å². The average molecular weight is 1370 g/mol. The van der Waals surface area contributed by atoms with Crippen molar-refractivity contribution in [2.45, 2.75) is 106 Å². The molecular formula is C76H76N4O20. The van der Waals surface area contributed by atoms with Crippen LogP contribution in [0.4, 0.5) is 0 Å². The number of hydrogen-bond acceptors (Lipinski definition) is 24. The van der Waals surface area contributed by atoms with Gasteiger partial charge >= 0.3 is 47.8 Å². The number of fused-ring (bicyclic) bond motifs is 8. The van der Waals surface area contributed by atoms with E-state index in [2.05, 4.69) is 9.97 Å². The Labute approximate surface area is 576 Å². The van der Waals surface area contributed by atoms with E-state index in [0.29, 0.717) is 55.9 Å². The fraction of sp³-hybridized carbons (Fsp3) is 0.316. The molecule has 0 atom stereocenters. The summed E-state index contributed by atoms with van der Waals surface area (Å²) in [5, 5.41) is 26.0. The summed E-state index contributed by atoms with van der Waals surface area (Å²) < 4.78 is 56.2. The van der Waals surface area contributed by atoms with Crippen LogP contribution in [0.5, 0.6) is 23.0 Å². The van der Waals surface area contributed by atoms with Crippen LogP contribution in [0.15, 0.2) is 97.1 Å².